The molecule has 0 aliphatic carbocycles. The van der Waals surface area contributed by atoms with Crippen molar-refractivity contribution in [3.63, 3.8) is 0 Å². The third kappa shape index (κ3) is 8.83. The predicted molar refractivity (Wildman–Crippen MR) is 158 cm³/mol. The maximum Gasteiger partial charge on any atom is 0.338 e. The summed E-state index contributed by atoms with van der Waals surface area (Å²) in [6.07, 6.45) is 6.15. The Bertz CT molecular complexity index is 1210. The standard InChI is InChI=1S/C29H34N2O6S2/c1-4-5-17-37-28(34)21-11-13-22(14-12-21)30-26(32)9-7-6-8-16-31-27(33)25(39-29(31)38)19-20-10-15-23(35-2)24(18-20)36-3/h10-15,18-19H,4-9,16-17H2,1-3H3,(H,30,32). The molecule has 1 aliphatic heterocycles. The molecule has 208 valence electrons. The summed E-state index contributed by atoms with van der Waals surface area (Å²) in [5.74, 6) is 0.630. The monoisotopic (exact) mass is 570 g/mol. The minimum absolute atomic E-state index is 0.100. The Labute approximate surface area is 239 Å². The normalized spacial score (nSPS) is 14.0. The number of nitrogens with zero attached hydrogens (tertiary/aromatic N) is 1. The molecule has 1 heterocycles. The average molecular weight is 571 g/mol. The Kier molecular flexibility index (Phi) is 11.8. The SMILES string of the molecule is CCCCOC(=O)c1ccc(NC(=O)CCCCCN2C(=O)C(=Cc3ccc(OC)c(OC)c3)SC2=S)cc1. The van der Waals surface area contributed by atoms with Crippen LogP contribution < -0.4 is 14.8 Å². The Hall–Kier alpha value is -3.37. The lowest BCUT2D eigenvalue weighted by Gasteiger charge is -2.14. The lowest BCUT2D eigenvalue weighted by molar-refractivity contribution is -0.122. The molecule has 0 radical (unpaired) electrons. The fourth-order valence-electron chi connectivity index (χ4n) is 3.82. The maximum absolute atomic E-state index is 12.9. The summed E-state index contributed by atoms with van der Waals surface area (Å²) in [7, 11) is 3.14. The first-order chi connectivity index (χ1) is 18.9. The highest BCUT2D eigenvalue weighted by Crippen LogP contribution is 2.34. The average Bonchev–Trinajstić information content (AvgIpc) is 3.20. The van der Waals surface area contributed by atoms with Gasteiger partial charge in [-0.05, 0) is 67.3 Å². The van der Waals surface area contributed by atoms with Crippen molar-refractivity contribution in [2.45, 2.75) is 45.4 Å². The molecule has 2 aromatic carbocycles. The molecule has 0 aromatic heterocycles. The van der Waals surface area contributed by atoms with E-state index in [-0.39, 0.29) is 17.8 Å². The molecule has 10 heteroatoms. The van der Waals surface area contributed by atoms with E-state index in [4.69, 9.17) is 26.4 Å². The van der Waals surface area contributed by atoms with Crippen molar-refractivity contribution >= 4 is 57.8 Å². The molecular weight excluding hydrogens is 536 g/mol. The number of carbonyl (C=O) groups excluding carboxylic acids is 3. The van der Waals surface area contributed by atoms with E-state index in [2.05, 4.69) is 5.32 Å². The fraction of sp³-hybridized carbons (Fsp3) is 0.379. The number of anilines is 1. The van der Waals surface area contributed by atoms with E-state index in [1.165, 1.54) is 11.8 Å². The van der Waals surface area contributed by atoms with E-state index in [0.717, 1.165) is 31.2 Å². The summed E-state index contributed by atoms with van der Waals surface area (Å²) >= 11 is 6.71. The van der Waals surface area contributed by atoms with Crippen molar-refractivity contribution in [1.82, 2.24) is 4.90 Å². The molecule has 1 aliphatic rings. The van der Waals surface area contributed by atoms with E-state index in [0.29, 0.717) is 58.0 Å². The van der Waals surface area contributed by atoms with Crippen LogP contribution in [0.1, 0.15) is 61.4 Å². The number of ether oxygens (including phenoxy) is 3. The first kappa shape index (κ1) is 30.2. The number of thioether (sulfide) groups is 1. The molecule has 39 heavy (non-hydrogen) atoms. The van der Waals surface area contributed by atoms with Crippen LogP contribution in [-0.4, -0.2) is 54.4 Å². The number of carbonyl (C=O) groups is 3. The van der Waals surface area contributed by atoms with Gasteiger partial charge in [0.2, 0.25) is 5.91 Å². The Morgan fingerprint density at radius 3 is 2.44 bits per heavy atom. The van der Waals surface area contributed by atoms with Gasteiger partial charge in [0.15, 0.2) is 11.5 Å². The van der Waals surface area contributed by atoms with Gasteiger partial charge in [-0.15, -0.1) is 0 Å². The van der Waals surface area contributed by atoms with Crippen molar-refractivity contribution < 1.29 is 28.6 Å². The van der Waals surface area contributed by atoms with Crippen molar-refractivity contribution in [2.75, 3.05) is 32.7 Å². The zero-order valence-corrected chi connectivity index (χ0v) is 24.1. The second kappa shape index (κ2) is 15.3. The number of esters is 1. The second-order valence-corrected chi connectivity index (χ2v) is 10.5. The van der Waals surface area contributed by atoms with Crippen molar-refractivity contribution in [1.29, 1.82) is 0 Å². The lowest BCUT2D eigenvalue weighted by atomic mass is 10.1. The van der Waals surface area contributed by atoms with Gasteiger partial charge in [-0.25, -0.2) is 4.79 Å². The number of rotatable bonds is 14. The van der Waals surface area contributed by atoms with Crippen LogP contribution in [0.2, 0.25) is 0 Å². The van der Waals surface area contributed by atoms with E-state index < -0.39 is 0 Å². The Balaban J connectivity index is 1.40. The molecule has 1 saturated heterocycles. The van der Waals surface area contributed by atoms with Crippen molar-refractivity contribution in [2.24, 2.45) is 0 Å². The molecule has 0 unspecified atom stereocenters. The Morgan fingerprint density at radius 1 is 1.00 bits per heavy atom. The highest BCUT2D eigenvalue weighted by molar-refractivity contribution is 8.26. The van der Waals surface area contributed by atoms with Gasteiger partial charge < -0.3 is 19.5 Å². The molecule has 0 spiro atoms. The molecule has 2 amide bonds. The van der Waals surface area contributed by atoms with Crippen molar-refractivity contribution in [3.05, 3.63) is 58.5 Å². The smallest absolute Gasteiger partial charge is 0.338 e. The van der Waals surface area contributed by atoms with Gasteiger partial charge in [0.25, 0.3) is 5.91 Å². The molecule has 3 rings (SSSR count). The molecule has 2 aromatic rings. The van der Waals surface area contributed by atoms with E-state index in [9.17, 15) is 14.4 Å². The molecule has 0 atom stereocenters. The van der Waals surface area contributed by atoms with Crippen LogP contribution >= 0.6 is 24.0 Å². The number of unbranched alkanes of at least 4 members (excludes halogenated alkanes) is 3. The van der Waals surface area contributed by atoms with Gasteiger partial charge in [0.05, 0.1) is 31.3 Å². The summed E-state index contributed by atoms with van der Waals surface area (Å²) in [4.78, 5) is 39.4. The number of hydrogen-bond donors (Lipinski definition) is 1. The maximum atomic E-state index is 12.9. The first-order valence-electron chi connectivity index (χ1n) is 12.9. The van der Waals surface area contributed by atoms with Gasteiger partial charge in [0, 0.05) is 18.7 Å². The fourth-order valence-corrected chi connectivity index (χ4v) is 5.13. The summed E-state index contributed by atoms with van der Waals surface area (Å²) < 4.78 is 16.3. The number of thiocarbonyl (C=S) groups is 1. The van der Waals surface area contributed by atoms with Crippen LogP contribution in [-0.2, 0) is 14.3 Å². The summed E-state index contributed by atoms with van der Waals surface area (Å²) in [6.45, 7) is 2.94. The highest BCUT2D eigenvalue weighted by atomic mass is 32.2. The third-order valence-corrected chi connectivity index (χ3v) is 7.38. The minimum atomic E-state index is -0.362. The van der Waals surface area contributed by atoms with Gasteiger partial charge in [-0.1, -0.05) is 49.8 Å². The Morgan fingerprint density at radius 2 is 1.74 bits per heavy atom. The summed E-state index contributed by atoms with van der Waals surface area (Å²) in [5, 5.41) is 2.85. The predicted octanol–water partition coefficient (Wildman–Crippen LogP) is 6.06. The van der Waals surface area contributed by atoms with E-state index >= 15 is 0 Å². The molecule has 8 nitrogen and oxygen atoms in total. The second-order valence-electron chi connectivity index (χ2n) is 8.87. The van der Waals surface area contributed by atoms with Crippen LogP contribution in [0.15, 0.2) is 47.4 Å². The van der Waals surface area contributed by atoms with Crippen LogP contribution in [0.5, 0.6) is 11.5 Å². The summed E-state index contributed by atoms with van der Waals surface area (Å²) in [5.41, 5.74) is 1.91. The van der Waals surface area contributed by atoms with Crippen LogP contribution in [0.3, 0.4) is 0 Å². The third-order valence-electron chi connectivity index (χ3n) is 6.00. The highest BCUT2D eigenvalue weighted by Gasteiger charge is 2.31. The number of hydrogen-bond acceptors (Lipinski definition) is 8. The first-order valence-corrected chi connectivity index (χ1v) is 14.1. The minimum Gasteiger partial charge on any atom is -0.493 e. The van der Waals surface area contributed by atoms with Crippen LogP contribution in [0, 0.1) is 0 Å². The van der Waals surface area contributed by atoms with Gasteiger partial charge in [-0.3, -0.25) is 14.5 Å². The number of amides is 2. The van der Waals surface area contributed by atoms with Gasteiger partial charge in [-0.2, -0.15) is 0 Å². The zero-order valence-electron chi connectivity index (χ0n) is 22.5. The van der Waals surface area contributed by atoms with Crippen LogP contribution in [0.4, 0.5) is 5.69 Å². The summed E-state index contributed by atoms with van der Waals surface area (Å²) in [6, 6.07) is 12.1. The number of methoxy groups -OCH3 is 2. The quantitative estimate of drug-likeness (QED) is 0.127. The number of nitrogens with one attached hydrogen (secondary N) is 1. The molecular formula is C29H34N2O6S2. The molecule has 0 bridgehead atoms. The zero-order chi connectivity index (χ0) is 28.2. The van der Waals surface area contributed by atoms with Gasteiger partial charge >= 0.3 is 5.97 Å². The topological polar surface area (TPSA) is 94.2 Å². The van der Waals surface area contributed by atoms with Crippen molar-refractivity contribution in [3.8, 4) is 11.5 Å². The molecule has 1 fully saturated rings. The molecule has 1 N–H and O–H groups in total. The van der Waals surface area contributed by atoms with Crippen LogP contribution in [0.25, 0.3) is 6.08 Å². The molecule has 0 saturated carbocycles. The largest absolute Gasteiger partial charge is 0.493 e. The lowest BCUT2D eigenvalue weighted by Crippen LogP contribution is -2.29. The van der Waals surface area contributed by atoms with E-state index in [1.54, 1.807) is 55.5 Å². The van der Waals surface area contributed by atoms with E-state index in [1.807, 2.05) is 19.1 Å². The number of benzene rings is 2. The van der Waals surface area contributed by atoms with Gasteiger partial charge in [0.1, 0.15) is 4.32 Å².